The summed E-state index contributed by atoms with van der Waals surface area (Å²) in [5, 5.41) is 33.3. The van der Waals surface area contributed by atoms with Crippen molar-refractivity contribution in [3.05, 3.63) is 12.2 Å². The maximum Gasteiger partial charge on any atom is 0.249 e. The van der Waals surface area contributed by atoms with Crippen molar-refractivity contribution in [2.24, 2.45) is 0 Å². The molecule has 1 amide bonds. The van der Waals surface area contributed by atoms with Crippen LogP contribution in [0.15, 0.2) is 12.2 Å². The molecule has 0 aromatic heterocycles. The Labute approximate surface area is 344 Å². The Bertz CT molecular complexity index is 773. The normalized spacial score (nSPS) is 13.5. The Morgan fingerprint density at radius 2 is 0.709 bits per heavy atom. The van der Waals surface area contributed by atoms with Gasteiger partial charge in [-0.15, -0.1) is 0 Å². The van der Waals surface area contributed by atoms with E-state index in [1.807, 2.05) is 6.08 Å². The molecular weight excluding hydrogens is 679 g/mol. The predicted octanol–water partition coefficient (Wildman–Crippen LogP) is 14.8. The number of rotatable bonds is 46. The van der Waals surface area contributed by atoms with Crippen molar-refractivity contribution in [1.82, 2.24) is 5.32 Å². The molecule has 0 aliphatic rings. The summed E-state index contributed by atoms with van der Waals surface area (Å²) in [4.78, 5) is 12.5. The summed E-state index contributed by atoms with van der Waals surface area (Å²) in [7, 11) is 0. The summed E-state index contributed by atoms with van der Waals surface area (Å²) in [5.41, 5.74) is 0. The van der Waals surface area contributed by atoms with Crippen molar-refractivity contribution in [2.75, 3.05) is 6.61 Å². The fraction of sp³-hybridized carbons (Fsp3) is 0.940. The van der Waals surface area contributed by atoms with Gasteiger partial charge in [0.2, 0.25) is 5.91 Å². The molecule has 3 unspecified atom stereocenters. The van der Waals surface area contributed by atoms with Gasteiger partial charge in [0.05, 0.1) is 18.8 Å². The van der Waals surface area contributed by atoms with Crippen LogP contribution in [0.3, 0.4) is 0 Å². The summed E-state index contributed by atoms with van der Waals surface area (Å²) in [6, 6.07) is -0.793. The first-order valence-corrected chi connectivity index (χ1v) is 25.0. The van der Waals surface area contributed by atoms with Gasteiger partial charge in [-0.05, 0) is 19.3 Å². The van der Waals surface area contributed by atoms with E-state index in [2.05, 4.69) is 19.2 Å². The van der Waals surface area contributed by atoms with E-state index >= 15 is 0 Å². The van der Waals surface area contributed by atoms with Crippen LogP contribution >= 0.6 is 0 Å². The molecule has 0 heterocycles. The standard InChI is InChI=1S/C50H99NO4/c1-3-5-7-9-11-13-15-17-19-21-23-25-27-28-30-32-34-36-38-40-42-44-48(53)47(46-52)51-50(55)49(54)45-43-41-39-37-35-33-31-29-26-24-22-20-18-16-14-12-10-8-6-4-2/h42,44,47-49,52-54H,3-41,43,45-46H2,1-2H3,(H,51,55)/b44-42+. The third kappa shape index (κ3) is 41.1. The number of allylic oxidation sites excluding steroid dienone is 1. The van der Waals surface area contributed by atoms with Crippen LogP contribution < -0.4 is 5.32 Å². The van der Waals surface area contributed by atoms with Crippen molar-refractivity contribution >= 4 is 5.91 Å². The topological polar surface area (TPSA) is 89.8 Å². The van der Waals surface area contributed by atoms with Crippen LogP contribution in [0.4, 0.5) is 0 Å². The summed E-state index contributed by atoms with van der Waals surface area (Å²) in [6.07, 6.45) is 55.5. The molecule has 5 heteroatoms. The van der Waals surface area contributed by atoms with Crippen LogP contribution in [0.2, 0.25) is 0 Å². The molecule has 0 aliphatic carbocycles. The number of aliphatic hydroxyl groups excluding tert-OH is 3. The van der Waals surface area contributed by atoms with Crippen molar-refractivity contribution in [2.45, 2.75) is 295 Å². The van der Waals surface area contributed by atoms with Gasteiger partial charge >= 0.3 is 0 Å². The maximum absolute atomic E-state index is 12.5. The lowest BCUT2D eigenvalue weighted by Gasteiger charge is -2.21. The second-order valence-corrected chi connectivity index (χ2v) is 17.4. The van der Waals surface area contributed by atoms with Crippen molar-refractivity contribution < 1.29 is 20.1 Å². The highest BCUT2D eigenvalue weighted by Gasteiger charge is 2.22. The summed E-state index contributed by atoms with van der Waals surface area (Å²) in [5.74, 6) is -0.497. The Morgan fingerprint density at radius 1 is 0.436 bits per heavy atom. The lowest BCUT2D eigenvalue weighted by Crippen LogP contribution is -2.48. The molecule has 0 rings (SSSR count). The van der Waals surface area contributed by atoms with Crippen molar-refractivity contribution in [3.63, 3.8) is 0 Å². The van der Waals surface area contributed by atoms with Gasteiger partial charge in [-0.3, -0.25) is 4.79 Å². The molecule has 0 aromatic carbocycles. The average Bonchev–Trinajstić information content (AvgIpc) is 3.19. The SMILES string of the molecule is CCCCCCCCCCCCCCCCCCCCC/C=C/C(O)C(CO)NC(=O)C(O)CCCCCCCCCCCCCCCCCCCCCC. The first-order valence-electron chi connectivity index (χ1n) is 25.0. The minimum Gasteiger partial charge on any atom is -0.394 e. The molecule has 0 spiro atoms. The number of amides is 1. The number of carbonyl (C=O) groups is 1. The largest absolute Gasteiger partial charge is 0.394 e. The Kier molecular flexibility index (Phi) is 45.0. The highest BCUT2D eigenvalue weighted by Crippen LogP contribution is 2.17. The lowest BCUT2D eigenvalue weighted by molar-refractivity contribution is -0.131. The van der Waals surface area contributed by atoms with Crippen LogP contribution in [0.1, 0.15) is 277 Å². The average molecular weight is 778 g/mol. The quantitative estimate of drug-likeness (QED) is 0.0366. The summed E-state index contributed by atoms with van der Waals surface area (Å²) >= 11 is 0. The van der Waals surface area contributed by atoms with Crippen molar-refractivity contribution in [1.29, 1.82) is 0 Å². The van der Waals surface area contributed by atoms with E-state index in [0.717, 1.165) is 32.1 Å². The Balaban J connectivity index is 3.59. The maximum atomic E-state index is 12.5. The zero-order valence-electron chi connectivity index (χ0n) is 37.3. The molecule has 5 nitrogen and oxygen atoms in total. The fourth-order valence-corrected chi connectivity index (χ4v) is 7.95. The molecule has 0 aliphatic heterocycles. The third-order valence-electron chi connectivity index (χ3n) is 11.9. The number of nitrogens with one attached hydrogen (secondary N) is 1. The smallest absolute Gasteiger partial charge is 0.249 e. The molecule has 3 atom stereocenters. The number of hydrogen-bond acceptors (Lipinski definition) is 4. The third-order valence-corrected chi connectivity index (χ3v) is 11.9. The van der Waals surface area contributed by atoms with Gasteiger partial charge < -0.3 is 20.6 Å². The highest BCUT2D eigenvalue weighted by molar-refractivity contribution is 5.80. The van der Waals surface area contributed by atoms with Gasteiger partial charge in [0.15, 0.2) is 0 Å². The van der Waals surface area contributed by atoms with Gasteiger partial charge in [-0.25, -0.2) is 0 Å². The zero-order chi connectivity index (χ0) is 40.1. The Morgan fingerprint density at radius 3 is 1.00 bits per heavy atom. The molecule has 0 fully saturated rings. The van der Waals surface area contributed by atoms with E-state index in [1.54, 1.807) is 6.08 Å². The number of carbonyl (C=O) groups excluding carboxylic acids is 1. The monoisotopic (exact) mass is 778 g/mol. The fourth-order valence-electron chi connectivity index (χ4n) is 7.95. The van der Waals surface area contributed by atoms with Crippen LogP contribution in [0, 0.1) is 0 Å². The molecule has 55 heavy (non-hydrogen) atoms. The zero-order valence-corrected chi connectivity index (χ0v) is 37.3. The molecule has 0 saturated heterocycles. The number of aliphatic hydroxyl groups is 3. The van der Waals surface area contributed by atoms with Gasteiger partial charge in [0, 0.05) is 0 Å². The molecule has 4 N–H and O–H groups in total. The predicted molar refractivity (Wildman–Crippen MR) is 241 cm³/mol. The minimum atomic E-state index is -1.09. The van der Waals surface area contributed by atoms with Gasteiger partial charge in [-0.2, -0.15) is 0 Å². The van der Waals surface area contributed by atoms with Gasteiger partial charge in [0.25, 0.3) is 0 Å². The van der Waals surface area contributed by atoms with Crippen LogP contribution in [0.25, 0.3) is 0 Å². The Hall–Kier alpha value is -0.910. The molecule has 0 bridgehead atoms. The van der Waals surface area contributed by atoms with Crippen LogP contribution in [-0.4, -0.2) is 46.1 Å². The van der Waals surface area contributed by atoms with E-state index in [-0.39, 0.29) is 6.61 Å². The van der Waals surface area contributed by atoms with Crippen molar-refractivity contribution in [3.8, 4) is 0 Å². The first-order chi connectivity index (χ1) is 27.1. The molecule has 0 saturated carbocycles. The minimum absolute atomic E-state index is 0.359. The van der Waals surface area contributed by atoms with Gasteiger partial charge in [-0.1, -0.05) is 270 Å². The summed E-state index contributed by atoms with van der Waals surface area (Å²) in [6.45, 7) is 4.21. The molecule has 0 aromatic rings. The first kappa shape index (κ1) is 54.1. The molecule has 328 valence electrons. The second kappa shape index (κ2) is 45.8. The second-order valence-electron chi connectivity index (χ2n) is 17.4. The summed E-state index contributed by atoms with van der Waals surface area (Å²) < 4.78 is 0. The van der Waals surface area contributed by atoms with E-state index in [1.165, 1.54) is 225 Å². The number of hydrogen-bond donors (Lipinski definition) is 4. The lowest BCUT2D eigenvalue weighted by atomic mass is 10.0. The van der Waals surface area contributed by atoms with E-state index in [9.17, 15) is 20.1 Å². The van der Waals surface area contributed by atoms with Crippen LogP contribution in [0.5, 0.6) is 0 Å². The highest BCUT2D eigenvalue weighted by atomic mass is 16.3. The van der Waals surface area contributed by atoms with E-state index in [0.29, 0.717) is 6.42 Å². The number of unbranched alkanes of at least 4 members (excludes halogenated alkanes) is 38. The molecular formula is C50H99NO4. The van der Waals surface area contributed by atoms with Gasteiger partial charge in [0.1, 0.15) is 6.10 Å². The van der Waals surface area contributed by atoms with Crippen LogP contribution in [-0.2, 0) is 4.79 Å². The van der Waals surface area contributed by atoms with E-state index in [4.69, 9.17) is 0 Å². The molecule has 0 radical (unpaired) electrons. The van der Waals surface area contributed by atoms with E-state index < -0.39 is 24.2 Å².